The first-order chi connectivity index (χ1) is 11.0. The van der Waals surface area contributed by atoms with Crippen molar-refractivity contribution in [2.24, 2.45) is 0 Å². The van der Waals surface area contributed by atoms with Crippen LogP contribution < -0.4 is 15.4 Å². The van der Waals surface area contributed by atoms with Gasteiger partial charge in [0.05, 0.1) is 7.11 Å². The van der Waals surface area contributed by atoms with Crippen LogP contribution in [0.1, 0.15) is 22.8 Å². The van der Waals surface area contributed by atoms with Crippen molar-refractivity contribution in [1.29, 1.82) is 0 Å². The van der Waals surface area contributed by atoms with Gasteiger partial charge in [-0.1, -0.05) is 18.2 Å². The lowest BCUT2D eigenvalue weighted by Crippen LogP contribution is -2.41. The van der Waals surface area contributed by atoms with Crippen LogP contribution in [0.3, 0.4) is 0 Å². The fraction of sp³-hybridized carbons (Fsp3) is 0.222. The van der Waals surface area contributed by atoms with Gasteiger partial charge in [0.1, 0.15) is 11.8 Å². The first-order valence-corrected chi connectivity index (χ1v) is 7.32. The zero-order chi connectivity index (χ0) is 16.8. The van der Waals surface area contributed by atoms with Crippen molar-refractivity contribution in [3.8, 4) is 5.75 Å². The van der Waals surface area contributed by atoms with E-state index in [4.69, 9.17) is 4.74 Å². The van der Waals surface area contributed by atoms with Crippen molar-refractivity contribution in [3.05, 3.63) is 59.7 Å². The third kappa shape index (κ3) is 4.32. The number of methoxy groups -OCH3 is 1. The molecule has 0 heterocycles. The molecule has 0 aromatic heterocycles. The second-order valence-electron chi connectivity index (χ2n) is 5.23. The molecule has 0 radical (unpaired) electrons. The van der Waals surface area contributed by atoms with Crippen molar-refractivity contribution in [2.75, 3.05) is 12.4 Å². The SMILES string of the molecule is COc1ccc(NC(=O)C(C)NC(=O)c2ccccc2C)cc1. The van der Waals surface area contributed by atoms with Crippen LogP contribution in [0.2, 0.25) is 0 Å². The Morgan fingerprint density at radius 1 is 1.04 bits per heavy atom. The lowest BCUT2D eigenvalue weighted by molar-refractivity contribution is -0.117. The number of anilines is 1. The maximum absolute atomic E-state index is 12.2. The molecule has 2 amide bonds. The van der Waals surface area contributed by atoms with E-state index in [0.717, 1.165) is 5.56 Å². The maximum Gasteiger partial charge on any atom is 0.252 e. The number of carbonyl (C=O) groups is 2. The summed E-state index contributed by atoms with van der Waals surface area (Å²) in [5.74, 6) is 0.168. The number of benzene rings is 2. The summed E-state index contributed by atoms with van der Waals surface area (Å²) < 4.78 is 5.06. The van der Waals surface area contributed by atoms with Crippen LogP contribution in [-0.2, 0) is 4.79 Å². The Labute approximate surface area is 135 Å². The van der Waals surface area contributed by atoms with E-state index in [-0.39, 0.29) is 11.8 Å². The molecule has 5 nitrogen and oxygen atoms in total. The Hall–Kier alpha value is -2.82. The van der Waals surface area contributed by atoms with Gasteiger partial charge in [0.15, 0.2) is 0 Å². The lowest BCUT2D eigenvalue weighted by atomic mass is 10.1. The highest BCUT2D eigenvalue weighted by atomic mass is 16.5. The molecule has 2 N–H and O–H groups in total. The molecule has 120 valence electrons. The maximum atomic E-state index is 12.2. The summed E-state index contributed by atoms with van der Waals surface area (Å²) in [6.07, 6.45) is 0. The van der Waals surface area contributed by atoms with E-state index in [0.29, 0.717) is 17.0 Å². The standard InChI is InChI=1S/C18H20N2O3/c1-12-6-4-5-7-16(12)18(22)19-13(2)17(21)20-14-8-10-15(23-3)11-9-14/h4-11,13H,1-3H3,(H,19,22)(H,20,21). The second-order valence-corrected chi connectivity index (χ2v) is 5.23. The van der Waals surface area contributed by atoms with Crippen LogP contribution in [0.15, 0.2) is 48.5 Å². The molecule has 1 atom stereocenters. The van der Waals surface area contributed by atoms with Crippen molar-refractivity contribution < 1.29 is 14.3 Å². The van der Waals surface area contributed by atoms with E-state index < -0.39 is 6.04 Å². The van der Waals surface area contributed by atoms with E-state index in [1.54, 1.807) is 50.4 Å². The fourth-order valence-electron chi connectivity index (χ4n) is 2.09. The molecule has 0 aliphatic rings. The number of rotatable bonds is 5. The average Bonchev–Trinajstić information content (AvgIpc) is 2.55. The van der Waals surface area contributed by atoms with Crippen LogP contribution in [0, 0.1) is 6.92 Å². The molecule has 5 heteroatoms. The molecule has 0 spiro atoms. The number of carbonyl (C=O) groups excluding carboxylic acids is 2. The molecule has 0 saturated heterocycles. The fourth-order valence-corrected chi connectivity index (χ4v) is 2.09. The first kappa shape index (κ1) is 16.5. The Bertz CT molecular complexity index is 696. The molecule has 0 aliphatic carbocycles. The van der Waals surface area contributed by atoms with Gasteiger partial charge in [0.25, 0.3) is 5.91 Å². The van der Waals surface area contributed by atoms with E-state index in [2.05, 4.69) is 10.6 Å². The zero-order valence-corrected chi connectivity index (χ0v) is 13.4. The number of ether oxygens (including phenoxy) is 1. The minimum Gasteiger partial charge on any atom is -0.497 e. The highest BCUT2D eigenvalue weighted by molar-refractivity contribution is 6.01. The molecule has 0 saturated carbocycles. The normalized spacial score (nSPS) is 11.4. The Morgan fingerprint density at radius 3 is 2.30 bits per heavy atom. The van der Waals surface area contributed by atoms with Gasteiger partial charge in [-0.05, 0) is 49.7 Å². The highest BCUT2D eigenvalue weighted by Gasteiger charge is 2.17. The Morgan fingerprint density at radius 2 is 1.70 bits per heavy atom. The van der Waals surface area contributed by atoms with Crippen LogP contribution in [-0.4, -0.2) is 25.0 Å². The van der Waals surface area contributed by atoms with Gasteiger partial charge < -0.3 is 15.4 Å². The highest BCUT2D eigenvalue weighted by Crippen LogP contribution is 2.15. The molecular weight excluding hydrogens is 292 g/mol. The number of nitrogens with one attached hydrogen (secondary N) is 2. The largest absolute Gasteiger partial charge is 0.497 e. The van der Waals surface area contributed by atoms with Gasteiger partial charge in [-0.25, -0.2) is 0 Å². The molecule has 0 bridgehead atoms. The molecular formula is C18H20N2O3. The molecule has 0 aliphatic heterocycles. The topological polar surface area (TPSA) is 67.4 Å². The molecule has 2 aromatic carbocycles. The van der Waals surface area contributed by atoms with Gasteiger partial charge in [-0.3, -0.25) is 9.59 Å². The predicted molar refractivity (Wildman–Crippen MR) is 89.7 cm³/mol. The van der Waals surface area contributed by atoms with Crippen molar-refractivity contribution >= 4 is 17.5 Å². The summed E-state index contributed by atoms with van der Waals surface area (Å²) in [7, 11) is 1.58. The van der Waals surface area contributed by atoms with E-state index >= 15 is 0 Å². The summed E-state index contributed by atoms with van der Waals surface area (Å²) >= 11 is 0. The summed E-state index contributed by atoms with van der Waals surface area (Å²) in [5, 5.41) is 5.46. The van der Waals surface area contributed by atoms with E-state index in [1.807, 2.05) is 19.1 Å². The van der Waals surface area contributed by atoms with E-state index in [9.17, 15) is 9.59 Å². The smallest absolute Gasteiger partial charge is 0.252 e. The molecule has 0 fully saturated rings. The number of hydrogen-bond acceptors (Lipinski definition) is 3. The number of hydrogen-bond donors (Lipinski definition) is 2. The van der Waals surface area contributed by atoms with E-state index in [1.165, 1.54) is 0 Å². The summed E-state index contributed by atoms with van der Waals surface area (Å²) in [6.45, 7) is 3.51. The first-order valence-electron chi connectivity index (χ1n) is 7.32. The summed E-state index contributed by atoms with van der Waals surface area (Å²) in [5.41, 5.74) is 2.08. The Balaban J connectivity index is 1.96. The minimum atomic E-state index is -0.649. The third-order valence-corrected chi connectivity index (χ3v) is 3.49. The lowest BCUT2D eigenvalue weighted by Gasteiger charge is -2.15. The third-order valence-electron chi connectivity index (χ3n) is 3.49. The summed E-state index contributed by atoms with van der Waals surface area (Å²) in [6, 6.07) is 13.6. The van der Waals surface area contributed by atoms with Crippen molar-refractivity contribution in [2.45, 2.75) is 19.9 Å². The molecule has 23 heavy (non-hydrogen) atoms. The summed E-state index contributed by atoms with van der Waals surface area (Å²) in [4.78, 5) is 24.4. The van der Waals surface area contributed by atoms with Crippen LogP contribution in [0.25, 0.3) is 0 Å². The minimum absolute atomic E-state index is 0.263. The van der Waals surface area contributed by atoms with Gasteiger partial charge >= 0.3 is 0 Å². The van der Waals surface area contributed by atoms with Gasteiger partial charge in [-0.2, -0.15) is 0 Å². The molecule has 2 aromatic rings. The van der Waals surface area contributed by atoms with Crippen LogP contribution in [0.5, 0.6) is 5.75 Å². The van der Waals surface area contributed by atoms with Gasteiger partial charge in [-0.15, -0.1) is 0 Å². The van der Waals surface area contributed by atoms with Crippen molar-refractivity contribution in [3.63, 3.8) is 0 Å². The number of amides is 2. The zero-order valence-electron chi connectivity index (χ0n) is 13.4. The number of aryl methyl sites for hydroxylation is 1. The van der Waals surface area contributed by atoms with Crippen LogP contribution in [0.4, 0.5) is 5.69 Å². The molecule has 1 unspecified atom stereocenters. The second kappa shape index (κ2) is 7.45. The molecule has 2 rings (SSSR count). The average molecular weight is 312 g/mol. The van der Waals surface area contributed by atoms with Gasteiger partial charge in [0.2, 0.25) is 5.91 Å². The van der Waals surface area contributed by atoms with Crippen LogP contribution >= 0.6 is 0 Å². The quantitative estimate of drug-likeness (QED) is 0.892. The van der Waals surface area contributed by atoms with Gasteiger partial charge in [0, 0.05) is 11.3 Å². The monoisotopic (exact) mass is 312 g/mol. The Kier molecular flexibility index (Phi) is 5.36. The predicted octanol–water partition coefficient (Wildman–Crippen LogP) is 2.76. The van der Waals surface area contributed by atoms with Crippen molar-refractivity contribution in [1.82, 2.24) is 5.32 Å².